The molecular weight excluding hydrogens is 596 g/mol. The summed E-state index contributed by atoms with van der Waals surface area (Å²) in [6.07, 6.45) is 10.1. The van der Waals surface area contributed by atoms with Gasteiger partial charge in [0.05, 0.1) is 0 Å². The Morgan fingerprint density at radius 1 is 0.583 bits per heavy atom. The van der Waals surface area contributed by atoms with Crippen LogP contribution in [0.4, 0.5) is 0 Å². The van der Waals surface area contributed by atoms with Crippen molar-refractivity contribution in [2.75, 3.05) is 0 Å². The zero-order valence-electron chi connectivity index (χ0n) is 30.6. The van der Waals surface area contributed by atoms with Crippen LogP contribution in [0, 0.1) is 45.3 Å². The van der Waals surface area contributed by atoms with Crippen molar-refractivity contribution in [1.82, 2.24) is 0 Å². The minimum absolute atomic E-state index is 0.0210. The monoisotopic (exact) mass is 654 g/mol. The fourth-order valence-electron chi connectivity index (χ4n) is 13.7. The lowest BCUT2D eigenvalue weighted by atomic mass is 9.43. The second kappa shape index (κ2) is 10.3. The van der Waals surface area contributed by atoms with Crippen molar-refractivity contribution < 1.29 is 25.2 Å². The molecule has 8 atom stereocenters. The molecule has 0 unspecified atom stereocenters. The highest BCUT2D eigenvalue weighted by molar-refractivity contribution is 5.85. The van der Waals surface area contributed by atoms with E-state index in [9.17, 15) is 25.2 Å². The Hall–Kier alpha value is -2.95. The number of rotatable bonds is 0. The molecule has 0 saturated heterocycles. The van der Waals surface area contributed by atoms with Gasteiger partial charge < -0.3 is 20.4 Å². The van der Waals surface area contributed by atoms with Gasteiger partial charge in [-0.1, -0.05) is 67.5 Å². The largest absolute Gasteiger partial charge is 0.508 e. The molecule has 4 N–H and O–H groups in total. The number of ketones is 1. The second-order valence-corrected chi connectivity index (χ2v) is 19.0. The van der Waals surface area contributed by atoms with Gasteiger partial charge in [0.2, 0.25) is 0 Å². The lowest BCUT2D eigenvalue weighted by molar-refractivity contribution is -0.151. The number of benzene rings is 2. The summed E-state index contributed by atoms with van der Waals surface area (Å²) in [5, 5.41) is 40.9. The lowest BCUT2D eigenvalue weighted by Crippen LogP contribution is -2.57. The number of phenolic OH excluding ortho intramolecular Hbond substituents is 4. The predicted octanol–water partition coefficient (Wildman–Crippen LogP) is 9.65. The molecule has 0 bridgehead atoms. The van der Waals surface area contributed by atoms with Gasteiger partial charge in [0, 0.05) is 45.9 Å². The van der Waals surface area contributed by atoms with Crippen molar-refractivity contribution >= 4 is 5.78 Å². The molecule has 4 fully saturated rings. The van der Waals surface area contributed by atoms with Crippen LogP contribution in [0.25, 0.3) is 0 Å². The summed E-state index contributed by atoms with van der Waals surface area (Å²) in [6.45, 7) is 22.9. The standard InChI is InChI=1S/C22H30O2.C21H28O3/c1-13-6-8-21(4)17(20(13,2)3)7-9-22(5)18(21)11-14-10-15(23)12-16(24)19(14)22;1-19(2)15-5-7-21(4)16(20(15,3)8-6-17(19)24)10-12-9-13(22)11-14(23)18(12)21/h10,12,17-18,23-24H,1,6-9,11H2,2-5H3;9,11,15-16,22-23H,5-8,10H2,1-4H3/t17-,18+,21-,22+;15-,16+,20-,21+/m11/s1. The van der Waals surface area contributed by atoms with E-state index < -0.39 is 0 Å². The summed E-state index contributed by atoms with van der Waals surface area (Å²) in [7, 11) is 0. The first-order valence-corrected chi connectivity index (χ1v) is 18.5. The highest BCUT2D eigenvalue weighted by Crippen LogP contribution is 2.70. The number of carbonyl (C=O) groups is 1. The Labute approximate surface area is 287 Å². The van der Waals surface area contributed by atoms with Crippen LogP contribution in [-0.4, -0.2) is 26.2 Å². The molecule has 5 heteroatoms. The minimum Gasteiger partial charge on any atom is -0.508 e. The number of hydrogen-bond acceptors (Lipinski definition) is 5. The second-order valence-electron chi connectivity index (χ2n) is 19.0. The van der Waals surface area contributed by atoms with Gasteiger partial charge in [-0.25, -0.2) is 0 Å². The first-order chi connectivity index (χ1) is 22.2. The average molecular weight is 655 g/mol. The molecule has 0 aliphatic heterocycles. The Balaban J connectivity index is 0.000000152. The topological polar surface area (TPSA) is 98.0 Å². The molecule has 0 heterocycles. The number of allylic oxidation sites excluding steroid dienone is 1. The Kier molecular flexibility index (Phi) is 7.19. The fourth-order valence-corrected chi connectivity index (χ4v) is 13.7. The van der Waals surface area contributed by atoms with Gasteiger partial charge in [0.15, 0.2) is 0 Å². The number of fused-ring (bicyclic) bond motifs is 10. The van der Waals surface area contributed by atoms with Crippen molar-refractivity contribution in [3.05, 3.63) is 58.7 Å². The SMILES string of the molecule is C=C1CC[C@]2(C)[C@H](CC[C@]3(C)c4c(O)cc(O)cc4C[C@@H]23)C1(C)C.CC1(C)C(=O)CC[C@]2(C)[C@@H]1CC[C@]1(C)c3c(O)cc(O)cc3C[C@@H]21. The molecule has 6 aliphatic carbocycles. The van der Waals surface area contributed by atoms with Crippen LogP contribution < -0.4 is 0 Å². The number of hydrogen-bond donors (Lipinski definition) is 4. The van der Waals surface area contributed by atoms with E-state index in [1.807, 2.05) is 12.1 Å². The van der Waals surface area contributed by atoms with Crippen LogP contribution in [0.2, 0.25) is 0 Å². The highest BCUT2D eigenvalue weighted by atomic mass is 16.3. The van der Waals surface area contributed by atoms with Gasteiger partial charge in [0.1, 0.15) is 28.8 Å². The van der Waals surface area contributed by atoms with Crippen LogP contribution in [0.5, 0.6) is 23.0 Å². The van der Waals surface area contributed by atoms with Gasteiger partial charge in [-0.2, -0.15) is 0 Å². The number of aromatic hydroxyl groups is 4. The molecule has 0 radical (unpaired) electrons. The van der Waals surface area contributed by atoms with E-state index in [0.29, 0.717) is 35.9 Å². The summed E-state index contributed by atoms with van der Waals surface area (Å²) >= 11 is 0. The summed E-state index contributed by atoms with van der Waals surface area (Å²) in [6, 6.07) is 6.71. The van der Waals surface area contributed by atoms with E-state index in [2.05, 4.69) is 62.0 Å². The summed E-state index contributed by atoms with van der Waals surface area (Å²) in [5.41, 5.74) is 6.06. The smallest absolute Gasteiger partial charge is 0.138 e. The molecule has 48 heavy (non-hydrogen) atoms. The molecule has 8 rings (SSSR count). The van der Waals surface area contributed by atoms with Crippen LogP contribution in [0.15, 0.2) is 36.4 Å². The minimum atomic E-state index is -0.257. The number of Topliss-reactive ketones (excluding diaryl/α,β-unsaturated/α-hetero) is 1. The van der Waals surface area contributed by atoms with Gasteiger partial charge in [-0.3, -0.25) is 4.79 Å². The lowest BCUT2D eigenvalue weighted by Gasteiger charge is -2.61. The summed E-state index contributed by atoms with van der Waals surface area (Å²) in [4.78, 5) is 12.5. The van der Waals surface area contributed by atoms with E-state index in [0.717, 1.165) is 67.2 Å². The van der Waals surface area contributed by atoms with Crippen molar-refractivity contribution in [2.24, 2.45) is 45.3 Å². The third-order valence-electron chi connectivity index (χ3n) is 16.2. The molecule has 2 aromatic carbocycles. The van der Waals surface area contributed by atoms with Crippen LogP contribution in [-0.2, 0) is 28.5 Å². The normalized spacial score (nSPS) is 39.9. The maximum absolute atomic E-state index is 12.5. The fraction of sp³-hybridized carbons (Fsp3) is 0.651. The quantitative estimate of drug-likeness (QED) is 0.212. The van der Waals surface area contributed by atoms with Crippen molar-refractivity contribution in [3.8, 4) is 23.0 Å². The van der Waals surface area contributed by atoms with E-state index in [-0.39, 0.29) is 55.5 Å². The summed E-state index contributed by atoms with van der Waals surface area (Å²) < 4.78 is 0. The Morgan fingerprint density at radius 2 is 1.00 bits per heavy atom. The molecule has 0 spiro atoms. The molecule has 2 aromatic rings. The zero-order chi connectivity index (χ0) is 35.0. The van der Waals surface area contributed by atoms with Crippen LogP contribution in [0.1, 0.15) is 129 Å². The van der Waals surface area contributed by atoms with E-state index in [1.54, 1.807) is 0 Å². The zero-order valence-corrected chi connectivity index (χ0v) is 30.6. The first-order valence-electron chi connectivity index (χ1n) is 18.5. The molecule has 0 amide bonds. The van der Waals surface area contributed by atoms with Gasteiger partial charge in [0.25, 0.3) is 0 Å². The molecule has 4 saturated carbocycles. The third-order valence-corrected chi connectivity index (χ3v) is 16.2. The van der Waals surface area contributed by atoms with E-state index in [1.165, 1.54) is 30.5 Å². The van der Waals surface area contributed by atoms with Gasteiger partial charge in [-0.15, -0.1) is 0 Å². The maximum Gasteiger partial charge on any atom is 0.138 e. The molecule has 6 aliphatic rings. The summed E-state index contributed by atoms with van der Waals surface area (Å²) in [5.74, 6) is 3.26. The molecule has 260 valence electrons. The Bertz CT molecular complexity index is 1590. The van der Waals surface area contributed by atoms with E-state index >= 15 is 0 Å². The number of carbonyl (C=O) groups excluding carboxylic acids is 1. The number of phenols is 4. The van der Waals surface area contributed by atoms with Crippen LogP contribution >= 0.6 is 0 Å². The van der Waals surface area contributed by atoms with Crippen LogP contribution in [0.3, 0.4) is 0 Å². The predicted molar refractivity (Wildman–Crippen MR) is 190 cm³/mol. The highest BCUT2D eigenvalue weighted by Gasteiger charge is 2.64. The van der Waals surface area contributed by atoms with Crippen molar-refractivity contribution in [2.45, 2.75) is 130 Å². The third kappa shape index (κ3) is 4.30. The molecule has 5 nitrogen and oxygen atoms in total. The van der Waals surface area contributed by atoms with Crippen molar-refractivity contribution in [3.63, 3.8) is 0 Å². The van der Waals surface area contributed by atoms with Gasteiger partial charge in [-0.05, 0) is 121 Å². The van der Waals surface area contributed by atoms with Crippen molar-refractivity contribution in [1.29, 1.82) is 0 Å². The van der Waals surface area contributed by atoms with E-state index in [4.69, 9.17) is 0 Å². The molecule has 0 aromatic heterocycles. The first kappa shape index (κ1) is 33.5. The molecular formula is C43H58O5. The average Bonchev–Trinajstić information content (AvgIpc) is 3.46. The maximum atomic E-state index is 12.5. The van der Waals surface area contributed by atoms with Gasteiger partial charge >= 0.3 is 0 Å². The Morgan fingerprint density at radius 3 is 1.46 bits per heavy atom.